The normalized spacial score (nSPS) is 18.6. The molecule has 0 amide bonds. The number of hydrogen-bond acceptors (Lipinski definition) is 4. The minimum absolute atomic E-state index is 0.532. The van der Waals surface area contributed by atoms with Gasteiger partial charge in [-0.2, -0.15) is 5.26 Å². The van der Waals surface area contributed by atoms with Crippen molar-refractivity contribution >= 4 is 5.82 Å². The van der Waals surface area contributed by atoms with Crippen molar-refractivity contribution in [1.82, 2.24) is 9.97 Å². The highest BCUT2D eigenvalue weighted by Gasteiger charge is 2.22. The quantitative estimate of drug-likeness (QED) is 0.837. The van der Waals surface area contributed by atoms with Gasteiger partial charge in [0.1, 0.15) is 11.9 Å². The highest BCUT2D eigenvalue weighted by molar-refractivity contribution is 5.43. The van der Waals surface area contributed by atoms with E-state index in [1.54, 1.807) is 6.20 Å². The molecule has 4 nitrogen and oxygen atoms in total. The first-order chi connectivity index (χ1) is 9.86. The van der Waals surface area contributed by atoms with Crippen LogP contribution in [0.5, 0.6) is 0 Å². The molecule has 1 aliphatic heterocycles. The third kappa shape index (κ3) is 2.62. The fraction of sp³-hybridized carbons (Fsp3) is 0.312. The van der Waals surface area contributed by atoms with Crippen LogP contribution in [0.25, 0.3) is 0 Å². The summed E-state index contributed by atoms with van der Waals surface area (Å²) in [4.78, 5) is 10.8. The summed E-state index contributed by atoms with van der Waals surface area (Å²) in [6.07, 6.45) is 7.72. The van der Waals surface area contributed by atoms with Gasteiger partial charge in [0.25, 0.3) is 0 Å². The molecule has 20 heavy (non-hydrogen) atoms. The molecular weight excluding hydrogens is 248 g/mol. The van der Waals surface area contributed by atoms with Crippen molar-refractivity contribution in [1.29, 1.82) is 5.26 Å². The first-order valence-corrected chi connectivity index (χ1v) is 6.88. The maximum Gasteiger partial charge on any atom is 0.128 e. The highest BCUT2D eigenvalue weighted by Crippen LogP contribution is 2.28. The molecule has 2 aromatic heterocycles. The van der Waals surface area contributed by atoms with Crippen LogP contribution in [0.3, 0.4) is 0 Å². The topological polar surface area (TPSA) is 52.8 Å². The Kier molecular flexibility index (Phi) is 3.60. The van der Waals surface area contributed by atoms with Gasteiger partial charge in [0, 0.05) is 37.6 Å². The molecule has 1 saturated heterocycles. The van der Waals surface area contributed by atoms with E-state index in [1.807, 2.05) is 24.5 Å². The number of hydrogen-bond donors (Lipinski definition) is 0. The second-order valence-electron chi connectivity index (χ2n) is 5.08. The van der Waals surface area contributed by atoms with E-state index in [2.05, 4.69) is 33.1 Å². The smallest absolute Gasteiger partial charge is 0.128 e. The van der Waals surface area contributed by atoms with Gasteiger partial charge in [0.2, 0.25) is 0 Å². The lowest BCUT2D eigenvalue weighted by Crippen LogP contribution is -2.34. The second-order valence-corrected chi connectivity index (χ2v) is 5.08. The summed E-state index contributed by atoms with van der Waals surface area (Å²) < 4.78 is 0. The lowest BCUT2D eigenvalue weighted by Gasteiger charge is -2.33. The minimum Gasteiger partial charge on any atom is -0.356 e. The molecule has 0 aliphatic carbocycles. The van der Waals surface area contributed by atoms with E-state index in [-0.39, 0.29) is 0 Å². The Morgan fingerprint density at radius 3 is 2.75 bits per heavy atom. The number of nitriles is 1. The molecule has 0 radical (unpaired) electrons. The van der Waals surface area contributed by atoms with E-state index in [1.165, 1.54) is 12.0 Å². The molecule has 0 bridgehead atoms. The number of pyridine rings is 2. The van der Waals surface area contributed by atoms with Crippen LogP contribution in [0.4, 0.5) is 5.82 Å². The van der Waals surface area contributed by atoms with E-state index < -0.39 is 0 Å². The molecule has 1 unspecified atom stereocenters. The Morgan fingerprint density at radius 2 is 2.05 bits per heavy atom. The monoisotopic (exact) mass is 264 g/mol. The van der Waals surface area contributed by atoms with Crippen LogP contribution in [0, 0.1) is 11.3 Å². The van der Waals surface area contributed by atoms with Gasteiger partial charge in [-0.15, -0.1) is 0 Å². The molecule has 0 N–H and O–H groups in total. The van der Waals surface area contributed by atoms with Crippen LogP contribution in [0.15, 0.2) is 42.9 Å². The summed E-state index contributed by atoms with van der Waals surface area (Å²) in [6, 6.07) is 10.1. The van der Waals surface area contributed by atoms with E-state index in [0.29, 0.717) is 11.5 Å². The molecule has 3 heterocycles. The number of piperidine rings is 1. The lowest BCUT2D eigenvalue weighted by atomic mass is 9.91. The van der Waals surface area contributed by atoms with E-state index in [9.17, 15) is 0 Å². The minimum atomic E-state index is 0.532. The predicted octanol–water partition coefficient (Wildman–Crippen LogP) is 2.73. The van der Waals surface area contributed by atoms with Gasteiger partial charge in [-0.05, 0) is 42.7 Å². The Labute approximate surface area is 118 Å². The van der Waals surface area contributed by atoms with E-state index in [4.69, 9.17) is 5.26 Å². The lowest BCUT2D eigenvalue weighted by molar-refractivity contribution is 0.507. The molecule has 1 aliphatic rings. The Morgan fingerprint density at radius 1 is 1.20 bits per heavy atom. The van der Waals surface area contributed by atoms with Crippen LogP contribution in [0.2, 0.25) is 0 Å². The summed E-state index contributed by atoms with van der Waals surface area (Å²) in [5.74, 6) is 1.49. The summed E-state index contributed by atoms with van der Waals surface area (Å²) in [7, 11) is 0. The van der Waals surface area contributed by atoms with Gasteiger partial charge in [-0.3, -0.25) is 4.98 Å². The van der Waals surface area contributed by atoms with Gasteiger partial charge >= 0.3 is 0 Å². The van der Waals surface area contributed by atoms with Crippen LogP contribution in [-0.2, 0) is 0 Å². The Bertz CT molecular complexity index is 601. The molecule has 4 heteroatoms. The molecule has 1 fully saturated rings. The molecule has 0 aromatic carbocycles. The maximum absolute atomic E-state index is 8.82. The summed E-state index contributed by atoms with van der Waals surface area (Å²) in [6.45, 7) is 2.00. The molecule has 3 rings (SSSR count). The van der Waals surface area contributed by atoms with Crippen molar-refractivity contribution in [2.45, 2.75) is 18.8 Å². The molecule has 100 valence electrons. The number of nitrogens with zero attached hydrogens (tertiary/aromatic N) is 4. The molecule has 0 saturated carbocycles. The van der Waals surface area contributed by atoms with Gasteiger partial charge in [0.15, 0.2) is 0 Å². The standard InChI is InChI=1S/C16H16N4/c17-10-13-3-4-16(19-11-13)20-9-1-2-15(12-20)14-5-7-18-8-6-14/h3-8,11,15H,1-2,9,12H2. The van der Waals surface area contributed by atoms with Crippen molar-refractivity contribution in [3.8, 4) is 6.07 Å². The largest absolute Gasteiger partial charge is 0.356 e. The van der Waals surface area contributed by atoms with Crippen molar-refractivity contribution in [3.05, 3.63) is 54.0 Å². The number of anilines is 1. The summed E-state index contributed by atoms with van der Waals surface area (Å²) in [5.41, 5.74) is 1.95. The van der Waals surface area contributed by atoms with Crippen LogP contribution in [0.1, 0.15) is 29.9 Å². The Balaban J connectivity index is 1.76. The van der Waals surface area contributed by atoms with Crippen molar-refractivity contribution in [2.24, 2.45) is 0 Å². The average Bonchev–Trinajstić information content (AvgIpc) is 2.56. The zero-order chi connectivity index (χ0) is 13.8. The molecule has 2 aromatic rings. The number of aromatic nitrogens is 2. The summed E-state index contributed by atoms with van der Waals surface area (Å²) >= 11 is 0. The molecule has 1 atom stereocenters. The first kappa shape index (κ1) is 12.6. The van der Waals surface area contributed by atoms with Gasteiger partial charge < -0.3 is 4.90 Å². The second kappa shape index (κ2) is 5.70. The van der Waals surface area contributed by atoms with Crippen LogP contribution < -0.4 is 4.90 Å². The summed E-state index contributed by atoms with van der Waals surface area (Å²) in [5, 5.41) is 8.82. The fourth-order valence-electron chi connectivity index (χ4n) is 2.73. The average molecular weight is 264 g/mol. The van der Waals surface area contributed by atoms with Gasteiger partial charge in [0.05, 0.1) is 5.56 Å². The molecule has 0 spiro atoms. The third-order valence-corrected chi connectivity index (χ3v) is 3.80. The fourth-order valence-corrected chi connectivity index (χ4v) is 2.73. The van der Waals surface area contributed by atoms with Crippen LogP contribution >= 0.6 is 0 Å². The first-order valence-electron chi connectivity index (χ1n) is 6.88. The predicted molar refractivity (Wildman–Crippen MR) is 77.4 cm³/mol. The maximum atomic E-state index is 8.82. The zero-order valence-corrected chi connectivity index (χ0v) is 11.2. The van der Waals surface area contributed by atoms with Crippen molar-refractivity contribution in [2.75, 3.05) is 18.0 Å². The zero-order valence-electron chi connectivity index (χ0n) is 11.2. The van der Waals surface area contributed by atoms with Gasteiger partial charge in [-0.1, -0.05) is 0 Å². The van der Waals surface area contributed by atoms with Crippen molar-refractivity contribution in [3.63, 3.8) is 0 Å². The van der Waals surface area contributed by atoms with E-state index >= 15 is 0 Å². The van der Waals surface area contributed by atoms with Gasteiger partial charge in [-0.25, -0.2) is 4.98 Å². The van der Waals surface area contributed by atoms with Crippen LogP contribution in [-0.4, -0.2) is 23.1 Å². The third-order valence-electron chi connectivity index (χ3n) is 3.80. The Hall–Kier alpha value is -2.41. The SMILES string of the molecule is N#Cc1ccc(N2CCCC(c3ccncc3)C2)nc1. The number of rotatable bonds is 2. The highest BCUT2D eigenvalue weighted by atomic mass is 15.2. The van der Waals surface area contributed by atoms with E-state index in [0.717, 1.165) is 25.3 Å². The molecular formula is C16H16N4. The van der Waals surface area contributed by atoms with Crippen molar-refractivity contribution < 1.29 is 0 Å².